The first-order chi connectivity index (χ1) is 9.49. The lowest BCUT2D eigenvalue weighted by Crippen LogP contribution is -2.29. The molecule has 0 aromatic heterocycles. The van der Waals surface area contributed by atoms with Crippen LogP contribution in [0.2, 0.25) is 0 Å². The molecule has 0 fully saturated rings. The van der Waals surface area contributed by atoms with Gasteiger partial charge in [-0.05, 0) is 31.0 Å². The molecule has 0 atom stereocenters. The molecule has 110 valence electrons. The Morgan fingerprint density at radius 2 is 2.05 bits per heavy atom. The Morgan fingerprint density at radius 1 is 1.30 bits per heavy atom. The molecular weight excluding hydrogens is 258 g/mol. The van der Waals surface area contributed by atoms with Crippen LogP contribution >= 0.6 is 0 Å². The molecule has 0 spiro atoms. The fraction of sp³-hybridized carbons (Fsp3) is 0.467. The molecule has 0 heterocycles. The van der Waals surface area contributed by atoms with Gasteiger partial charge in [-0.15, -0.1) is 0 Å². The molecule has 0 radical (unpaired) electrons. The molecule has 5 nitrogen and oxygen atoms in total. The zero-order chi connectivity index (χ0) is 15.0. The molecule has 5 heteroatoms. The van der Waals surface area contributed by atoms with Crippen molar-refractivity contribution in [3.63, 3.8) is 0 Å². The number of aryl methyl sites for hydroxylation is 1. The molecule has 0 aliphatic carbocycles. The highest BCUT2D eigenvalue weighted by Crippen LogP contribution is 2.12. The molecule has 1 N–H and O–H groups in total. The van der Waals surface area contributed by atoms with Gasteiger partial charge in [0, 0.05) is 20.0 Å². The van der Waals surface area contributed by atoms with Crippen molar-refractivity contribution in [2.75, 3.05) is 20.2 Å². The van der Waals surface area contributed by atoms with Crippen LogP contribution < -0.4 is 4.74 Å². The number of carbonyl (C=O) groups excluding carboxylic acids is 1. The maximum atomic E-state index is 11.7. The summed E-state index contributed by atoms with van der Waals surface area (Å²) in [4.78, 5) is 23.6. The highest BCUT2D eigenvalue weighted by molar-refractivity contribution is 5.76. The van der Waals surface area contributed by atoms with Crippen LogP contribution in [0, 0.1) is 6.92 Å². The minimum Gasteiger partial charge on any atom is -0.494 e. The van der Waals surface area contributed by atoms with E-state index < -0.39 is 5.97 Å². The van der Waals surface area contributed by atoms with Gasteiger partial charge in [0.2, 0.25) is 5.91 Å². The van der Waals surface area contributed by atoms with Crippen LogP contribution in [-0.2, 0) is 9.59 Å². The predicted molar refractivity (Wildman–Crippen MR) is 75.8 cm³/mol. The predicted octanol–water partition coefficient (Wildman–Crippen LogP) is 2.09. The lowest BCUT2D eigenvalue weighted by Gasteiger charge is -2.16. The van der Waals surface area contributed by atoms with Crippen molar-refractivity contribution in [3.8, 4) is 5.75 Å². The van der Waals surface area contributed by atoms with Crippen LogP contribution in [-0.4, -0.2) is 42.1 Å². The van der Waals surface area contributed by atoms with Crippen LogP contribution in [0.1, 0.15) is 24.8 Å². The summed E-state index contributed by atoms with van der Waals surface area (Å²) in [6.45, 7) is 2.71. The zero-order valence-corrected chi connectivity index (χ0v) is 12.0. The highest BCUT2D eigenvalue weighted by atomic mass is 16.5. The fourth-order valence-corrected chi connectivity index (χ4v) is 1.70. The fourth-order valence-electron chi connectivity index (χ4n) is 1.70. The van der Waals surface area contributed by atoms with Gasteiger partial charge in [-0.3, -0.25) is 9.59 Å². The number of ether oxygens (including phenoxy) is 1. The third kappa shape index (κ3) is 6.22. The third-order valence-electron chi connectivity index (χ3n) is 2.88. The second-order valence-electron chi connectivity index (χ2n) is 4.73. The Hall–Kier alpha value is -2.04. The Labute approximate surface area is 119 Å². The van der Waals surface area contributed by atoms with Crippen molar-refractivity contribution in [3.05, 3.63) is 29.8 Å². The van der Waals surface area contributed by atoms with Crippen molar-refractivity contribution in [1.82, 2.24) is 4.90 Å². The van der Waals surface area contributed by atoms with E-state index >= 15 is 0 Å². The number of carboxylic acid groups (broad SMARTS) is 1. The molecule has 1 aromatic carbocycles. The number of hydrogen-bond acceptors (Lipinski definition) is 3. The van der Waals surface area contributed by atoms with Crippen molar-refractivity contribution < 1.29 is 19.4 Å². The van der Waals surface area contributed by atoms with Crippen molar-refractivity contribution in [2.24, 2.45) is 0 Å². The van der Waals surface area contributed by atoms with E-state index in [1.807, 2.05) is 31.2 Å². The SMILES string of the molecule is Cc1cccc(OCCCC(=O)N(C)CCC(=O)O)c1. The largest absolute Gasteiger partial charge is 0.494 e. The normalized spacial score (nSPS) is 10.1. The average molecular weight is 279 g/mol. The number of carbonyl (C=O) groups is 2. The molecule has 1 aromatic rings. The minimum atomic E-state index is -0.896. The minimum absolute atomic E-state index is 0.0258. The van der Waals surface area contributed by atoms with Gasteiger partial charge in [-0.2, -0.15) is 0 Å². The zero-order valence-electron chi connectivity index (χ0n) is 12.0. The molecular formula is C15H21NO4. The Bertz CT molecular complexity index is 459. The van der Waals surface area contributed by atoms with E-state index in [0.717, 1.165) is 11.3 Å². The van der Waals surface area contributed by atoms with E-state index in [0.29, 0.717) is 19.4 Å². The second kappa shape index (κ2) is 8.19. The standard InChI is InChI=1S/C15H21NO4/c1-12-5-3-6-13(11-12)20-10-4-7-14(17)16(2)9-8-15(18)19/h3,5-6,11H,4,7-10H2,1-2H3,(H,18,19). The lowest BCUT2D eigenvalue weighted by atomic mass is 10.2. The Balaban J connectivity index is 2.20. The number of rotatable bonds is 8. The van der Waals surface area contributed by atoms with Gasteiger partial charge in [0.1, 0.15) is 5.75 Å². The van der Waals surface area contributed by atoms with Gasteiger partial charge in [0.05, 0.1) is 13.0 Å². The van der Waals surface area contributed by atoms with Crippen LogP contribution in [0.5, 0.6) is 5.75 Å². The molecule has 1 rings (SSSR count). The highest BCUT2D eigenvalue weighted by Gasteiger charge is 2.09. The van der Waals surface area contributed by atoms with E-state index in [1.54, 1.807) is 7.05 Å². The van der Waals surface area contributed by atoms with Gasteiger partial charge in [0.25, 0.3) is 0 Å². The molecule has 0 aliphatic heterocycles. The molecule has 0 aliphatic rings. The van der Waals surface area contributed by atoms with E-state index in [2.05, 4.69) is 0 Å². The summed E-state index contributed by atoms with van der Waals surface area (Å²) in [6, 6.07) is 7.75. The second-order valence-corrected chi connectivity index (χ2v) is 4.73. The number of benzene rings is 1. The molecule has 0 saturated carbocycles. The van der Waals surface area contributed by atoms with Crippen molar-refractivity contribution in [2.45, 2.75) is 26.2 Å². The summed E-state index contributed by atoms with van der Waals surface area (Å²) < 4.78 is 5.55. The summed E-state index contributed by atoms with van der Waals surface area (Å²) in [5, 5.41) is 8.55. The molecule has 0 unspecified atom stereocenters. The van der Waals surface area contributed by atoms with E-state index in [-0.39, 0.29) is 18.9 Å². The quantitative estimate of drug-likeness (QED) is 0.740. The topological polar surface area (TPSA) is 66.8 Å². The molecule has 0 bridgehead atoms. The summed E-state index contributed by atoms with van der Waals surface area (Å²) in [6.07, 6.45) is 0.953. The molecule has 1 amide bonds. The summed E-state index contributed by atoms with van der Waals surface area (Å²) >= 11 is 0. The van der Waals surface area contributed by atoms with Gasteiger partial charge < -0.3 is 14.7 Å². The summed E-state index contributed by atoms with van der Waals surface area (Å²) in [7, 11) is 1.62. The first kappa shape index (κ1) is 16.0. The number of carboxylic acids is 1. The van der Waals surface area contributed by atoms with Crippen LogP contribution in [0.3, 0.4) is 0 Å². The van der Waals surface area contributed by atoms with Crippen molar-refractivity contribution >= 4 is 11.9 Å². The average Bonchev–Trinajstić information content (AvgIpc) is 2.40. The van der Waals surface area contributed by atoms with Gasteiger partial charge in [-0.1, -0.05) is 12.1 Å². The summed E-state index contributed by atoms with van der Waals surface area (Å²) in [5.74, 6) is -0.150. The number of amides is 1. The first-order valence-electron chi connectivity index (χ1n) is 6.64. The number of nitrogens with zero attached hydrogens (tertiary/aromatic N) is 1. The summed E-state index contributed by atoms with van der Waals surface area (Å²) in [5.41, 5.74) is 1.13. The lowest BCUT2D eigenvalue weighted by molar-refractivity contribution is -0.138. The van der Waals surface area contributed by atoms with Crippen LogP contribution in [0.15, 0.2) is 24.3 Å². The van der Waals surface area contributed by atoms with Gasteiger partial charge in [-0.25, -0.2) is 0 Å². The number of hydrogen-bond donors (Lipinski definition) is 1. The van der Waals surface area contributed by atoms with E-state index in [1.165, 1.54) is 4.90 Å². The van der Waals surface area contributed by atoms with Gasteiger partial charge in [0.15, 0.2) is 0 Å². The third-order valence-corrected chi connectivity index (χ3v) is 2.88. The Kier molecular flexibility index (Phi) is 6.56. The first-order valence-corrected chi connectivity index (χ1v) is 6.64. The smallest absolute Gasteiger partial charge is 0.305 e. The van der Waals surface area contributed by atoms with Crippen LogP contribution in [0.4, 0.5) is 0 Å². The maximum absolute atomic E-state index is 11.7. The van der Waals surface area contributed by atoms with Gasteiger partial charge >= 0.3 is 5.97 Å². The number of aliphatic carboxylic acids is 1. The van der Waals surface area contributed by atoms with E-state index in [4.69, 9.17) is 9.84 Å². The van der Waals surface area contributed by atoms with Crippen LogP contribution in [0.25, 0.3) is 0 Å². The van der Waals surface area contributed by atoms with E-state index in [9.17, 15) is 9.59 Å². The monoisotopic (exact) mass is 279 g/mol. The molecule has 20 heavy (non-hydrogen) atoms. The maximum Gasteiger partial charge on any atom is 0.305 e. The Morgan fingerprint density at radius 3 is 2.70 bits per heavy atom. The molecule has 0 saturated heterocycles. The van der Waals surface area contributed by atoms with Crippen molar-refractivity contribution in [1.29, 1.82) is 0 Å².